The van der Waals surface area contributed by atoms with Crippen LogP contribution in [0.3, 0.4) is 0 Å². The molecule has 1 aromatic heterocycles. The number of carbonyl (C=O) groups is 1. The summed E-state index contributed by atoms with van der Waals surface area (Å²) in [5, 5.41) is 11.0. The van der Waals surface area contributed by atoms with Gasteiger partial charge in [-0.05, 0) is 13.0 Å². The molecule has 0 radical (unpaired) electrons. The van der Waals surface area contributed by atoms with Gasteiger partial charge in [0.25, 0.3) is 0 Å². The minimum Gasteiger partial charge on any atom is -0.506 e. The Kier molecular flexibility index (Phi) is 4.78. The lowest BCUT2D eigenvalue weighted by molar-refractivity contribution is 0.101. The molecule has 2 rings (SSSR count). The first-order valence-electron chi connectivity index (χ1n) is 6.21. The largest absolute Gasteiger partial charge is 0.506 e. The van der Waals surface area contributed by atoms with E-state index in [1.807, 2.05) is 0 Å². The van der Waals surface area contributed by atoms with Gasteiger partial charge in [0.15, 0.2) is 5.78 Å². The van der Waals surface area contributed by atoms with Crippen LogP contribution in [0.25, 0.3) is 11.1 Å². The van der Waals surface area contributed by atoms with Gasteiger partial charge < -0.3 is 14.6 Å². The van der Waals surface area contributed by atoms with Crippen LogP contribution in [0.2, 0.25) is 10.2 Å². The SMILES string of the molecule is COc1cc(OC)c(-c2cc(Cl)ncc2Cl)c(O)c1C(C)=O. The van der Waals surface area contributed by atoms with Gasteiger partial charge in [-0.25, -0.2) is 4.98 Å². The van der Waals surface area contributed by atoms with E-state index in [4.69, 9.17) is 32.7 Å². The predicted octanol–water partition coefficient (Wildman–Crippen LogP) is 3.98. The highest BCUT2D eigenvalue weighted by atomic mass is 35.5. The van der Waals surface area contributed by atoms with E-state index in [0.717, 1.165) is 0 Å². The molecule has 0 aliphatic carbocycles. The Morgan fingerprint density at radius 3 is 2.36 bits per heavy atom. The van der Waals surface area contributed by atoms with Crippen LogP contribution in [0.4, 0.5) is 0 Å². The van der Waals surface area contributed by atoms with Crippen LogP contribution in [-0.4, -0.2) is 30.1 Å². The van der Waals surface area contributed by atoms with Crippen molar-refractivity contribution in [2.75, 3.05) is 14.2 Å². The van der Waals surface area contributed by atoms with Gasteiger partial charge in [0.1, 0.15) is 28.0 Å². The molecule has 1 aromatic carbocycles. The molecule has 22 heavy (non-hydrogen) atoms. The first kappa shape index (κ1) is 16.4. The van der Waals surface area contributed by atoms with Crippen LogP contribution in [0.15, 0.2) is 18.3 Å². The average Bonchev–Trinajstić information content (AvgIpc) is 2.48. The summed E-state index contributed by atoms with van der Waals surface area (Å²) in [5.74, 6) is -0.132. The number of ether oxygens (including phenoxy) is 2. The number of ketones is 1. The lowest BCUT2D eigenvalue weighted by Gasteiger charge is -2.17. The minimum atomic E-state index is -0.352. The molecule has 0 fully saturated rings. The third-order valence-corrected chi connectivity index (χ3v) is 3.62. The highest BCUT2D eigenvalue weighted by Gasteiger charge is 2.24. The van der Waals surface area contributed by atoms with Crippen LogP contribution >= 0.6 is 23.2 Å². The molecule has 116 valence electrons. The monoisotopic (exact) mass is 341 g/mol. The van der Waals surface area contributed by atoms with Crippen molar-refractivity contribution in [3.05, 3.63) is 34.1 Å². The van der Waals surface area contributed by atoms with Gasteiger partial charge >= 0.3 is 0 Å². The first-order valence-corrected chi connectivity index (χ1v) is 6.96. The fraction of sp³-hybridized carbons (Fsp3) is 0.200. The van der Waals surface area contributed by atoms with E-state index in [-0.39, 0.29) is 38.6 Å². The number of benzene rings is 1. The quantitative estimate of drug-likeness (QED) is 0.672. The smallest absolute Gasteiger partial charge is 0.167 e. The van der Waals surface area contributed by atoms with Crippen LogP contribution in [0, 0.1) is 0 Å². The Morgan fingerprint density at radius 1 is 1.18 bits per heavy atom. The summed E-state index contributed by atoms with van der Waals surface area (Å²) in [6.45, 7) is 1.33. The third-order valence-electron chi connectivity index (χ3n) is 3.11. The lowest BCUT2D eigenvalue weighted by atomic mass is 9.98. The van der Waals surface area contributed by atoms with E-state index in [9.17, 15) is 9.90 Å². The Balaban J connectivity index is 2.88. The molecule has 0 saturated carbocycles. The minimum absolute atomic E-state index is 0.0438. The molecule has 0 aliphatic rings. The second-order valence-corrected chi connectivity index (χ2v) is 5.22. The summed E-state index contributed by atoms with van der Waals surface area (Å²) in [5.41, 5.74) is 0.700. The molecule has 0 bridgehead atoms. The molecule has 2 aromatic rings. The van der Waals surface area contributed by atoms with Crippen LogP contribution in [0.1, 0.15) is 17.3 Å². The number of hydrogen-bond donors (Lipinski definition) is 1. The summed E-state index contributed by atoms with van der Waals surface area (Å²) in [7, 11) is 2.83. The highest BCUT2D eigenvalue weighted by molar-refractivity contribution is 6.35. The number of nitrogens with zero attached hydrogens (tertiary/aromatic N) is 1. The lowest BCUT2D eigenvalue weighted by Crippen LogP contribution is -2.02. The molecule has 0 unspecified atom stereocenters. The number of pyridine rings is 1. The van der Waals surface area contributed by atoms with Gasteiger partial charge in [0.05, 0.1) is 24.8 Å². The summed E-state index contributed by atoms with van der Waals surface area (Å²) in [6.07, 6.45) is 1.36. The summed E-state index contributed by atoms with van der Waals surface area (Å²) < 4.78 is 10.4. The van der Waals surface area contributed by atoms with E-state index in [0.29, 0.717) is 11.3 Å². The fourth-order valence-electron chi connectivity index (χ4n) is 2.15. The van der Waals surface area contributed by atoms with Gasteiger partial charge in [-0.1, -0.05) is 23.2 Å². The highest BCUT2D eigenvalue weighted by Crippen LogP contribution is 2.47. The number of carbonyl (C=O) groups excluding carboxylic acids is 1. The number of aromatic hydroxyl groups is 1. The van der Waals surface area contributed by atoms with E-state index in [1.54, 1.807) is 0 Å². The predicted molar refractivity (Wildman–Crippen MR) is 84.5 cm³/mol. The molecule has 0 saturated heterocycles. The molecular formula is C15H13Cl2NO4. The molecule has 0 atom stereocenters. The van der Waals surface area contributed by atoms with Crippen molar-refractivity contribution in [3.8, 4) is 28.4 Å². The molecule has 5 nitrogen and oxygen atoms in total. The Morgan fingerprint density at radius 2 is 1.82 bits per heavy atom. The number of methoxy groups -OCH3 is 2. The molecule has 1 heterocycles. The third kappa shape index (κ3) is 2.82. The van der Waals surface area contributed by atoms with Gasteiger partial charge in [-0.3, -0.25) is 4.79 Å². The van der Waals surface area contributed by atoms with E-state index >= 15 is 0 Å². The van der Waals surface area contributed by atoms with Crippen molar-refractivity contribution in [2.24, 2.45) is 0 Å². The maximum atomic E-state index is 11.8. The maximum Gasteiger partial charge on any atom is 0.167 e. The number of rotatable bonds is 4. The van der Waals surface area contributed by atoms with Crippen LogP contribution < -0.4 is 9.47 Å². The molecule has 0 amide bonds. The zero-order valence-electron chi connectivity index (χ0n) is 12.1. The fourth-order valence-corrected chi connectivity index (χ4v) is 2.50. The molecular weight excluding hydrogens is 329 g/mol. The van der Waals surface area contributed by atoms with Crippen molar-refractivity contribution in [1.29, 1.82) is 0 Å². The topological polar surface area (TPSA) is 68.7 Å². The second-order valence-electron chi connectivity index (χ2n) is 4.42. The van der Waals surface area contributed by atoms with E-state index in [1.165, 1.54) is 39.5 Å². The molecule has 0 aliphatic heterocycles. The van der Waals surface area contributed by atoms with Gasteiger partial charge in [0.2, 0.25) is 0 Å². The number of halogens is 2. The number of aromatic nitrogens is 1. The van der Waals surface area contributed by atoms with Crippen LogP contribution in [0.5, 0.6) is 17.2 Å². The van der Waals surface area contributed by atoms with E-state index in [2.05, 4.69) is 4.98 Å². The Bertz CT molecular complexity index is 747. The number of Topliss-reactive ketones (excluding diaryl/α,β-unsaturated/α-hetero) is 1. The van der Waals surface area contributed by atoms with E-state index < -0.39 is 0 Å². The number of hydrogen-bond acceptors (Lipinski definition) is 5. The number of phenolic OH excluding ortho intramolecular Hbond substituents is 1. The normalized spacial score (nSPS) is 10.4. The molecule has 0 spiro atoms. The Hall–Kier alpha value is -1.98. The number of phenols is 1. The average molecular weight is 342 g/mol. The molecule has 7 heteroatoms. The van der Waals surface area contributed by atoms with Crippen molar-refractivity contribution >= 4 is 29.0 Å². The van der Waals surface area contributed by atoms with Gasteiger partial charge in [-0.2, -0.15) is 0 Å². The van der Waals surface area contributed by atoms with Crippen molar-refractivity contribution in [2.45, 2.75) is 6.92 Å². The summed E-state index contributed by atoms with van der Waals surface area (Å²) >= 11 is 12.0. The van der Waals surface area contributed by atoms with Crippen LogP contribution in [-0.2, 0) is 0 Å². The zero-order valence-corrected chi connectivity index (χ0v) is 13.6. The van der Waals surface area contributed by atoms with Crippen molar-refractivity contribution in [1.82, 2.24) is 4.98 Å². The van der Waals surface area contributed by atoms with Crippen molar-refractivity contribution in [3.63, 3.8) is 0 Å². The Labute approximate surface area is 137 Å². The zero-order chi connectivity index (χ0) is 16.4. The standard InChI is InChI=1S/C15H13Cl2NO4/c1-7(19)13-10(21-2)5-11(22-3)14(15(13)20)8-4-12(17)18-6-9(8)16/h4-6,20H,1-3H3. The molecule has 1 N–H and O–H groups in total. The second kappa shape index (κ2) is 6.42. The van der Waals surface area contributed by atoms with Gasteiger partial charge in [-0.15, -0.1) is 0 Å². The van der Waals surface area contributed by atoms with Gasteiger partial charge in [0, 0.05) is 17.8 Å². The van der Waals surface area contributed by atoms with Crippen molar-refractivity contribution < 1.29 is 19.4 Å². The summed E-state index contributed by atoms with van der Waals surface area (Å²) in [6, 6.07) is 2.99. The maximum absolute atomic E-state index is 11.8. The summed E-state index contributed by atoms with van der Waals surface area (Å²) in [4.78, 5) is 15.7. The first-order chi connectivity index (χ1) is 10.4.